The lowest BCUT2D eigenvalue weighted by molar-refractivity contribution is 0.0583. The minimum absolute atomic E-state index is 0.0791. The zero-order chi connectivity index (χ0) is 14.1. The molecule has 20 heavy (non-hydrogen) atoms. The third-order valence-corrected chi connectivity index (χ3v) is 4.25. The van der Waals surface area contributed by atoms with E-state index in [1.54, 1.807) is 7.11 Å². The number of carbonyl (C=O) groups excluding carboxylic acids is 1. The largest absolute Gasteiger partial charge is 0.383 e. The van der Waals surface area contributed by atoms with Gasteiger partial charge in [0.1, 0.15) is 5.82 Å². The van der Waals surface area contributed by atoms with Crippen LogP contribution in [0.3, 0.4) is 0 Å². The normalized spacial score (nSPS) is 19.9. The van der Waals surface area contributed by atoms with Crippen LogP contribution in [0.25, 0.3) is 0 Å². The first-order valence-corrected chi connectivity index (χ1v) is 7.43. The number of hydrogen-bond donors (Lipinski definition) is 1. The van der Waals surface area contributed by atoms with Crippen molar-refractivity contribution in [1.29, 1.82) is 0 Å². The summed E-state index contributed by atoms with van der Waals surface area (Å²) in [6, 6.07) is 0.237. The topological polar surface area (TPSA) is 71.1 Å². The van der Waals surface area contributed by atoms with E-state index in [-0.39, 0.29) is 11.9 Å². The minimum atomic E-state index is -0.0791. The smallest absolute Gasteiger partial charge is 0.293 e. The molecular formula is C14H22N4O2. The number of rotatable bonds is 7. The molecule has 6 nitrogen and oxygen atoms in total. The Morgan fingerprint density at radius 3 is 2.80 bits per heavy atom. The van der Waals surface area contributed by atoms with Crippen molar-refractivity contribution in [3.63, 3.8) is 0 Å². The highest BCUT2D eigenvalue weighted by Gasteiger charge is 2.36. The number of carbonyl (C=O) groups is 1. The molecule has 0 radical (unpaired) electrons. The summed E-state index contributed by atoms with van der Waals surface area (Å²) < 4.78 is 5.12. The number of H-pyrrole nitrogens is 1. The first-order chi connectivity index (χ1) is 9.70. The lowest BCUT2D eigenvalue weighted by Gasteiger charge is -2.28. The van der Waals surface area contributed by atoms with E-state index in [1.165, 1.54) is 12.8 Å². The molecule has 1 unspecified atom stereocenters. The molecule has 6 heteroatoms. The van der Waals surface area contributed by atoms with Gasteiger partial charge < -0.3 is 9.64 Å². The molecular weight excluding hydrogens is 256 g/mol. The van der Waals surface area contributed by atoms with Crippen LogP contribution >= 0.6 is 0 Å². The predicted octanol–water partition coefficient (Wildman–Crippen LogP) is 1.57. The molecule has 2 aliphatic rings. The maximum atomic E-state index is 12.6. The van der Waals surface area contributed by atoms with Crippen LogP contribution in [0.2, 0.25) is 0 Å². The van der Waals surface area contributed by atoms with E-state index in [4.69, 9.17) is 4.74 Å². The number of amides is 1. The second-order valence-electron chi connectivity index (χ2n) is 5.89. The van der Waals surface area contributed by atoms with E-state index in [9.17, 15) is 4.79 Å². The Bertz CT molecular complexity index is 479. The Morgan fingerprint density at radius 1 is 1.45 bits per heavy atom. The number of nitrogens with one attached hydrogen (secondary N) is 1. The van der Waals surface area contributed by atoms with Crippen molar-refractivity contribution >= 4 is 5.91 Å². The summed E-state index contributed by atoms with van der Waals surface area (Å²) in [5.74, 6) is 2.19. The van der Waals surface area contributed by atoms with Crippen molar-refractivity contribution in [2.24, 2.45) is 5.92 Å². The molecule has 1 aromatic rings. The van der Waals surface area contributed by atoms with Gasteiger partial charge in [-0.3, -0.25) is 9.89 Å². The molecule has 1 heterocycles. The van der Waals surface area contributed by atoms with Gasteiger partial charge in [0.2, 0.25) is 5.82 Å². The van der Waals surface area contributed by atoms with E-state index in [1.807, 2.05) is 4.90 Å². The van der Waals surface area contributed by atoms with Crippen LogP contribution in [-0.2, 0) is 4.74 Å². The molecule has 0 spiro atoms. The van der Waals surface area contributed by atoms with Crippen LogP contribution in [0.1, 0.15) is 55.0 Å². The van der Waals surface area contributed by atoms with Crippen LogP contribution in [0.4, 0.5) is 0 Å². The third kappa shape index (κ3) is 2.85. The zero-order valence-electron chi connectivity index (χ0n) is 12.1. The summed E-state index contributed by atoms with van der Waals surface area (Å²) in [7, 11) is 1.66. The van der Waals surface area contributed by atoms with E-state index in [2.05, 4.69) is 22.1 Å². The predicted molar refractivity (Wildman–Crippen MR) is 73.5 cm³/mol. The average Bonchev–Trinajstić information content (AvgIpc) is 3.37. The van der Waals surface area contributed by atoms with Crippen molar-refractivity contribution < 1.29 is 9.53 Å². The molecule has 0 aliphatic heterocycles. The quantitative estimate of drug-likeness (QED) is 0.822. The van der Waals surface area contributed by atoms with Gasteiger partial charge >= 0.3 is 0 Å². The second-order valence-corrected chi connectivity index (χ2v) is 5.89. The molecule has 110 valence electrons. The lowest BCUT2D eigenvalue weighted by atomic mass is 10.2. The van der Waals surface area contributed by atoms with Gasteiger partial charge in [-0.1, -0.05) is 0 Å². The molecule has 1 aromatic heterocycles. The molecule has 1 amide bonds. The number of aromatic nitrogens is 3. The van der Waals surface area contributed by atoms with Gasteiger partial charge in [0.25, 0.3) is 5.91 Å². The first-order valence-electron chi connectivity index (χ1n) is 7.43. The second kappa shape index (κ2) is 5.52. The SMILES string of the molecule is COCCN(C(=O)c1n[nH]c(C2CC2)n1)C(C)C1CC1. The summed E-state index contributed by atoms with van der Waals surface area (Å²) in [4.78, 5) is 18.8. The Kier molecular flexibility index (Phi) is 3.74. The van der Waals surface area contributed by atoms with Crippen LogP contribution in [0.5, 0.6) is 0 Å². The molecule has 1 atom stereocenters. The van der Waals surface area contributed by atoms with Crippen molar-refractivity contribution in [3.8, 4) is 0 Å². The van der Waals surface area contributed by atoms with Gasteiger partial charge in [-0.2, -0.15) is 0 Å². The van der Waals surface area contributed by atoms with Gasteiger partial charge in [0, 0.05) is 25.6 Å². The summed E-state index contributed by atoms with van der Waals surface area (Å²) in [5, 5.41) is 7.00. The fourth-order valence-electron chi connectivity index (χ4n) is 2.55. The molecule has 2 fully saturated rings. The highest BCUT2D eigenvalue weighted by molar-refractivity contribution is 5.90. The fourth-order valence-corrected chi connectivity index (χ4v) is 2.55. The summed E-state index contributed by atoms with van der Waals surface area (Å²) in [6.45, 7) is 3.25. The van der Waals surface area contributed by atoms with Crippen LogP contribution < -0.4 is 0 Å². The molecule has 1 N–H and O–H groups in total. The highest BCUT2D eigenvalue weighted by atomic mass is 16.5. The maximum Gasteiger partial charge on any atom is 0.293 e. The molecule has 2 aliphatic carbocycles. The Morgan fingerprint density at radius 2 is 2.20 bits per heavy atom. The summed E-state index contributed by atoms with van der Waals surface area (Å²) in [6.07, 6.45) is 4.71. The van der Waals surface area contributed by atoms with Crippen molar-refractivity contribution in [3.05, 3.63) is 11.6 Å². The number of aromatic amines is 1. The van der Waals surface area contributed by atoms with Crippen LogP contribution in [0, 0.1) is 5.92 Å². The minimum Gasteiger partial charge on any atom is -0.383 e. The van der Waals surface area contributed by atoms with Gasteiger partial charge in [-0.15, -0.1) is 5.10 Å². The molecule has 0 saturated heterocycles. The van der Waals surface area contributed by atoms with E-state index in [0.29, 0.717) is 30.8 Å². The van der Waals surface area contributed by atoms with E-state index in [0.717, 1.165) is 18.7 Å². The van der Waals surface area contributed by atoms with E-state index >= 15 is 0 Å². The third-order valence-electron chi connectivity index (χ3n) is 4.25. The average molecular weight is 278 g/mol. The van der Waals surface area contributed by atoms with Gasteiger partial charge in [0.05, 0.1) is 6.61 Å². The zero-order valence-corrected chi connectivity index (χ0v) is 12.1. The van der Waals surface area contributed by atoms with Crippen LogP contribution in [-0.4, -0.2) is 52.3 Å². The standard InChI is InChI=1S/C14H22N4O2/c1-9(10-3-4-10)18(7-8-20-2)14(19)13-15-12(16-17-13)11-5-6-11/h9-11H,3-8H2,1-2H3,(H,15,16,17). The number of nitrogens with zero attached hydrogens (tertiary/aromatic N) is 3. The highest BCUT2D eigenvalue weighted by Crippen LogP contribution is 2.38. The number of ether oxygens (including phenoxy) is 1. The van der Waals surface area contributed by atoms with Gasteiger partial charge in [-0.25, -0.2) is 4.98 Å². The number of methoxy groups -OCH3 is 1. The van der Waals surface area contributed by atoms with E-state index < -0.39 is 0 Å². The molecule has 3 rings (SSSR count). The van der Waals surface area contributed by atoms with Crippen molar-refractivity contribution in [2.75, 3.05) is 20.3 Å². The van der Waals surface area contributed by atoms with Gasteiger partial charge in [-0.05, 0) is 38.5 Å². The van der Waals surface area contributed by atoms with Gasteiger partial charge in [0.15, 0.2) is 0 Å². The Hall–Kier alpha value is -1.43. The lowest BCUT2D eigenvalue weighted by Crippen LogP contribution is -2.42. The molecule has 0 aromatic carbocycles. The summed E-state index contributed by atoms with van der Waals surface area (Å²) >= 11 is 0. The number of hydrogen-bond acceptors (Lipinski definition) is 4. The maximum absolute atomic E-state index is 12.6. The van der Waals surface area contributed by atoms with Crippen LogP contribution in [0.15, 0.2) is 0 Å². The molecule has 2 saturated carbocycles. The van der Waals surface area contributed by atoms with Crippen molar-refractivity contribution in [1.82, 2.24) is 20.1 Å². The Labute approximate surface area is 118 Å². The summed E-state index contributed by atoms with van der Waals surface area (Å²) in [5.41, 5.74) is 0. The Balaban J connectivity index is 1.71. The monoisotopic (exact) mass is 278 g/mol. The molecule has 0 bridgehead atoms. The first kappa shape index (κ1) is 13.5. The van der Waals surface area contributed by atoms with Crippen molar-refractivity contribution in [2.45, 2.75) is 44.6 Å². The fraction of sp³-hybridized carbons (Fsp3) is 0.786.